The largest absolute Gasteiger partial charge is 0.417 e. The number of carbonyl (C=O) groups excluding carboxylic acids is 1. The van der Waals surface area contributed by atoms with Gasteiger partial charge in [0.05, 0.1) is 10.5 Å². The molecule has 2 N–H and O–H groups in total. The first-order valence-electron chi connectivity index (χ1n) is 7.99. The zero-order valence-corrected chi connectivity index (χ0v) is 14.3. The molecule has 1 heterocycles. The van der Waals surface area contributed by atoms with Crippen LogP contribution in [0.4, 0.5) is 24.7 Å². The van der Waals surface area contributed by atoms with Gasteiger partial charge in [0.2, 0.25) is 0 Å². The molecule has 7 nitrogen and oxygen atoms in total. The minimum atomic E-state index is -4.43. The van der Waals surface area contributed by atoms with Crippen molar-refractivity contribution in [2.75, 3.05) is 18.4 Å². The Balaban J connectivity index is 1.80. The number of pyridine rings is 1. The molecule has 0 aliphatic carbocycles. The molecule has 0 radical (unpaired) electrons. The highest BCUT2D eigenvalue weighted by atomic mass is 19.4. The molecule has 0 bridgehead atoms. The first kappa shape index (κ1) is 20.1. The zero-order chi connectivity index (χ0) is 20.0. The summed E-state index contributed by atoms with van der Waals surface area (Å²) < 4.78 is 37.3. The molecule has 144 valence electrons. The number of alkyl halides is 3. The van der Waals surface area contributed by atoms with Crippen LogP contribution in [-0.2, 0) is 6.18 Å². The summed E-state index contributed by atoms with van der Waals surface area (Å²) in [7, 11) is 0. The van der Waals surface area contributed by atoms with Gasteiger partial charge < -0.3 is 10.6 Å². The molecule has 0 saturated heterocycles. The number of aromatic nitrogens is 1. The van der Waals surface area contributed by atoms with Crippen LogP contribution in [0.5, 0.6) is 0 Å². The standard InChI is InChI=1S/C17H17F3N4O3/c1-11-13(4-2-5-14(11)24(26)27)16(25)22-9-3-8-21-15-7-6-12(10-23-15)17(18,19)20/h2,4-7,10H,3,8-9H2,1H3,(H,21,23)(H,22,25). The number of anilines is 1. The van der Waals surface area contributed by atoms with E-state index < -0.39 is 22.6 Å². The smallest absolute Gasteiger partial charge is 0.370 e. The number of amides is 1. The van der Waals surface area contributed by atoms with E-state index in [-0.39, 0.29) is 23.4 Å². The molecule has 1 amide bonds. The summed E-state index contributed by atoms with van der Waals surface area (Å²) >= 11 is 0. The second-order valence-electron chi connectivity index (χ2n) is 5.67. The second kappa shape index (κ2) is 8.47. The van der Waals surface area contributed by atoms with Gasteiger partial charge in [0.1, 0.15) is 5.82 Å². The third-order valence-electron chi connectivity index (χ3n) is 3.78. The number of benzene rings is 1. The predicted molar refractivity (Wildman–Crippen MR) is 92.5 cm³/mol. The summed E-state index contributed by atoms with van der Waals surface area (Å²) in [6, 6.07) is 6.43. The molecule has 2 rings (SSSR count). The van der Waals surface area contributed by atoms with Crippen LogP contribution >= 0.6 is 0 Å². The van der Waals surface area contributed by atoms with Crippen molar-refractivity contribution in [2.45, 2.75) is 19.5 Å². The Labute approximate surface area is 152 Å². The SMILES string of the molecule is Cc1c(C(=O)NCCCNc2ccc(C(F)(F)F)cn2)cccc1[N+](=O)[O-]. The molecular weight excluding hydrogens is 365 g/mol. The maximum Gasteiger partial charge on any atom is 0.417 e. The fourth-order valence-corrected chi connectivity index (χ4v) is 2.34. The number of nitrogens with zero attached hydrogens (tertiary/aromatic N) is 2. The van der Waals surface area contributed by atoms with Gasteiger partial charge in [-0.2, -0.15) is 13.2 Å². The van der Waals surface area contributed by atoms with Crippen molar-refractivity contribution in [1.82, 2.24) is 10.3 Å². The lowest BCUT2D eigenvalue weighted by Gasteiger charge is -2.10. The van der Waals surface area contributed by atoms with Crippen LogP contribution in [0.15, 0.2) is 36.5 Å². The van der Waals surface area contributed by atoms with E-state index in [0.29, 0.717) is 18.8 Å². The maximum absolute atomic E-state index is 12.4. The number of nitro groups is 1. The van der Waals surface area contributed by atoms with Crippen LogP contribution < -0.4 is 10.6 Å². The first-order chi connectivity index (χ1) is 12.7. The van der Waals surface area contributed by atoms with E-state index in [0.717, 1.165) is 12.3 Å². The Morgan fingerprint density at radius 3 is 2.56 bits per heavy atom. The van der Waals surface area contributed by atoms with Gasteiger partial charge in [-0.3, -0.25) is 14.9 Å². The van der Waals surface area contributed by atoms with Crippen LogP contribution in [-0.4, -0.2) is 28.9 Å². The van der Waals surface area contributed by atoms with E-state index in [4.69, 9.17) is 0 Å². The fraction of sp³-hybridized carbons (Fsp3) is 0.294. The highest BCUT2D eigenvalue weighted by molar-refractivity contribution is 5.96. The highest BCUT2D eigenvalue weighted by Crippen LogP contribution is 2.28. The number of halogens is 3. The number of hydrogen-bond donors (Lipinski definition) is 2. The topological polar surface area (TPSA) is 97.2 Å². The van der Waals surface area contributed by atoms with E-state index in [2.05, 4.69) is 15.6 Å². The lowest BCUT2D eigenvalue weighted by atomic mass is 10.1. The van der Waals surface area contributed by atoms with E-state index in [9.17, 15) is 28.1 Å². The van der Waals surface area contributed by atoms with E-state index in [1.54, 1.807) is 0 Å². The molecule has 0 atom stereocenters. The third-order valence-corrected chi connectivity index (χ3v) is 3.78. The quantitative estimate of drug-likeness (QED) is 0.434. The number of nitro benzene ring substituents is 1. The molecule has 0 aliphatic heterocycles. The minimum absolute atomic E-state index is 0.127. The summed E-state index contributed by atoms with van der Waals surface area (Å²) in [5.41, 5.74) is -0.445. The molecular formula is C17H17F3N4O3. The minimum Gasteiger partial charge on any atom is -0.370 e. The molecule has 10 heteroatoms. The molecule has 1 aromatic heterocycles. The molecule has 0 aliphatic rings. The monoisotopic (exact) mass is 382 g/mol. The molecule has 0 fully saturated rings. The number of carbonyl (C=O) groups is 1. The zero-order valence-electron chi connectivity index (χ0n) is 14.3. The van der Waals surface area contributed by atoms with Crippen LogP contribution in [0.2, 0.25) is 0 Å². The van der Waals surface area contributed by atoms with Crippen LogP contribution in [0, 0.1) is 17.0 Å². The highest BCUT2D eigenvalue weighted by Gasteiger charge is 2.30. The van der Waals surface area contributed by atoms with Crippen LogP contribution in [0.1, 0.15) is 27.9 Å². The maximum atomic E-state index is 12.4. The van der Waals surface area contributed by atoms with Gasteiger partial charge in [-0.15, -0.1) is 0 Å². The van der Waals surface area contributed by atoms with Crippen molar-refractivity contribution in [3.63, 3.8) is 0 Å². The Kier molecular flexibility index (Phi) is 6.32. The van der Waals surface area contributed by atoms with Crippen molar-refractivity contribution in [3.05, 3.63) is 63.3 Å². The molecule has 0 saturated carbocycles. The van der Waals surface area contributed by atoms with Crippen molar-refractivity contribution in [2.24, 2.45) is 0 Å². The average Bonchev–Trinajstić information content (AvgIpc) is 2.60. The molecule has 0 spiro atoms. The van der Waals surface area contributed by atoms with E-state index in [1.165, 1.54) is 31.2 Å². The molecule has 0 unspecified atom stereocenters. The summed E-state index contributed by atoms with van der Waals surface area (Å²) in [5.74, 6) is -0.132. The van der Waals surface area contributed by atoms with Crippen LogP contribution in [0.3, 0.4) is 0 Å². The lowest BCUT2D eigenvalue weighted by Crippen LogP contribution is -2.26. The Morgan fingerprint density at radius 2 is 1.96 bits per heavy atom. The van der Waals surface area contributed by atoms with Gasteiger partial charge in [0, 0.05) is 36.5 Å². The van der Waals surface area contributed by atoms with Crippen LogP contribution in [0.25, 0.3) is 0 Å². The summed E-state index contributed by atoms with van der Waals surface area (Å²) in [6.45, 7) is 2.17. The summed E-state index contributed by atoms with van der Waals surface area (Å²) in [6.07, 6.45) is -3.20. The molecule has 2 aromatic rings. The molecule has 1 aromatic carbocycles. The number of rotatable bonds is 7. The van der Waals surface area contributed by atoms with Crippen molar-refractivity contribution >= 4 is 17.4 Å². The van der Waals surface area contributed by atoms with Gasteiger partial charge in [0.15, 0.2) is 0 Å². The second-order valence-corrected chi connectivity index (χ2v) is 5.67. The average molecular weight is 382 g/mol. The third kappa shape index (κ3) is 5.40. The van der Waals surface area contributed by atoms with Gasteiger partial charge in [-0.05, 0) is 31.5 Å². The Morgan fingerprint density at radius 1 is 1.22 bits per heavy atom. The van der Waals surface area contributed by atoms with Gasteiger partial charge in [-0.25, -0.2) is 4.98 Å². The van der Waals surface area contributed by atoms with Crippen molar-refractivity contribution in [1.29, 1.82) is 0 Å². The van der Waals surface area contributed by atoms with E-state index in [1.807, 2.05) is 0 Å². The van der Waals surface area contributed by atoms with Gasteiger partial charge in [0.25, 0.3) is 11.6 Å². The van der Waals surface area contributed by atoms with Crippen molar-refractivity contribution in [3.8, 4) is 0 Å². The van der Waals surface area contributed by atoms with Gasteiger partial charge >= 0.3 is 6.18 Å². The predicted octanol–water partition coefficient (Wildman–Crippen LogP) is 3.55. The normalized spacial score (nSPS) is 11.1. The lowest BCUT2D eigenvalue weighted by molar-refractivity contribution is -0.385. The number of hydrogen-bond acceptors (Lipinski definition) is 5. The Hall–Kier alpha value is -3.17. The first-order valence-corrected chi connectivity index (χ1v) is 7.99. The van der Waals surface area contributed by atoms with E-state index >= 15 is 0 Å². The van der Waals surface area contributed by atoms with Gasteiger partial charge in [-0.1, -0.05) is 6.07 Å². The van der Waals surface area contributed by atoms with Crippen molar-refractivity contribution < 1.29 is 22.9 Å². The molecule has 27 heavy (non-hydrogen) atoms. The number of nitrogens with one attached hydrogen (secondary N) is 2. The summed E-state index contributed by atoms with van der Waals surface area (Å²) in [4.78, 5) is 26.2. The Bertz CT molecular complexity index is 823. The summed E-state index contributed by atoms with van der Waals surface area (Å²) in [5, 5.41) is 16.4. The fourth-order valence-electron chi connectivity index (χ4n) is 2.34.